The second-order valence-electron chi connectivity index (χ2n) is 9.47. The van der Waals surface area contributed by atoms with E-state index in [1.165, 1.54) is 0 Å². The molecule has 192 valence electrons. The molecule has 9 heteroatoms. The number of hydrogen-bond donors (Lipinski definition) is 0. The van der Waals surface area contributed by atoms with Gasteiger partial charge in [0.15, 0.2) is 19.4 Å². The van der Waals surface area contributed by atoms with Gasteiger partial charge < -0.3 is 33.2 Å². The molecule has 0 aliphatic carbocycles. The number of carbonyl (C=O) groups is 1. The molecule has 0 bridgehead atoms. The highest BCUT2D eigenvalue weighted by molar-refractivity contribution is 9.10. The minimum absolute atomic E-state index is 0.117. The number of esters is 1. The molecule has 8 nitrogen and oxygen atoms in total. The van der Waals surface area contributed by atoms with Crippen molar-refractivity contribution in [3.63, 3.8) is 0 Å². The molecule has 1 aromatic rings. The second-order valence-corrected chi connectivity index (χ2v) is 10.3. The Bertz CT molecular complexity index is 831. The summed E-state index contributed by atoms with van der Waals surface area (Å²) in [7, 11) is 3.13. The monoisotopic (exact) mass is 544 g/mol. The molecule has 1 aliphatic rings. The van der Waals surface area contributed by atoms with Gasteiger partial charge in [-0.2, -0.15) is 0 Å². The van der Waals surface area contributed by atoms with Crippen LogP contribution in [-0.4, -0.2) is 58.4 Å². The van der Waals surface area contributed by atoms with Crippen molar-refractivity contribution in [2.24, 2.45) is 5.41 Å². The molecule has 0 aromatic heterocycles. The van der Waals surface area contributed by atoms with Crippen LogP contribution in [0.4, 0.5) is 0 Å². The van der Waals surface area contributed by atoms with Gasteiger partial charge in [0.1, 0.15) is 24.2 Å². The number of hydrogen-bond acceptors (Lipinski definition) is 8. The topological polar surface area (TPSA) is 81.7 Å². The van der Waals surface area contributed by atoms with E-state index >= 15 is 0 Å². The summed E-state index contributed by atoms with van der Waals surface area (Å²) < 4.78 is 39.5. The van der Waals surface area contributed by atoms with Crippen LogP contribution >= 0.6 is 15.9 Å². The molecule has 0 unspecified atom stereocenters. The molecular formula is C25H37BrO8. The van der Waals surface area contributed by atoms with Crippen LogP contribution in [0.5, 0.6) is 11.5 Å². The van der Waals surface area contributed by atoms with Crippen LogP contribution in [0, 0.1) is 5.41 Å². The highest BCUT2D eigenvalue weighted by Crippen LogP contribution is 2.35. The maximum atomic E-state index is 12.2. The van der Waals surface area contributed by atoms with Crippen molar-refractivity contribution in [3.05, 3.63) is 28.2 Å². The fraction of sp³-hybridized carbons (Fsp3) is 0.640. The van der Waals surface area contributed by atoms with E-state index in [9.17, 15) is 4.79 Å². The summed E-state index contributed by atoms with van der Waals surface area (Å²) in [5.74, 6) is 0.235. The molecule has 0 amide bonds. The van der Waals surface area contributed by atoms with E-state index in [4.69, 9.17) is 33.2 Å². The van der Waals surface area contributed by atoms with Crippen molar-refractivity contribution >= 4 is 28.0 Å². The second kappa shape index (κ2) is 12.9. The van der Waals surface area contributed by atoms with Gasteiger partial charge in [-0.1, -0.05) is 12.2 Å². The smallest absolute Gasteiger partial charge is 0.311 e. The van der Waals surface area contributed by atoms with Crippen molar-refractivity contribution in [2.75, 3.05) is 34.4 Å². The van der Waals surface area contributed by atoms with Crippen LogP contribution < -0.4 is 9.47 Å². The number of methoxy groups -OCH3 is 2. The molecule has 2 rings (SSSR count). The highest BCUT2D eigenvalue weighted by Gasteiger charge is 2.41. The van der Waals surface area contributed by atoms with Gasteiger partial charge in [0.05, 0.1) is 16.0 Å². The molecule has 34 heavy (non-hydrogen) atoms. The van der Waals surface area contributed by atoms with Crippen LogP contribution in [-0.2, 0) is 28.5 Å². The summed E-state index contributed by atoms with van der Waals surface area (Å²) in [6.45, 7) is 9.62. The number of halogens is 1. The Labute approximate surface area is 210 Å². The van der Waals surface area contributed by atoms with Crippen LogP contribution in [0.15, 0.2) is 22.7 Å². The summed E-state index contributed by atoms with van der Waals surface area (Å²) in [6, 6.07) is 3.67. The van der Waals surface area contributed by atoms with E-state index in [0.29, 0.717) is 17.9 Å². The summed E-state index contributed by atoms with van der Waals surface area (Å²) in [5, 5.41) is 0. The zero-order valence-electron chi connectivity index (χ0n) is 21.1. The Morgan fingerprint density at radius 3 is 2.38 bits per heavy atom. The molecule has 1 saturated heterocycles. The number of ether oxygens (including phenoxy) is 7. The largest absolute Gasteiger partial charge is 0.467 e. The normalized spacial score (nSPS) is 20.0. The molecule has 0 saturated carbocycles. The fourth-order valence-electron chi connectivity index (χ4n) is 3.29. The van der Waals surface area contributed by atoms with Crippen molar-refractivity contribution in [3.8, 4) is 11.5 Å². The Morgan fingerprint density at radius 2 is 1.74 bits per heavy atom. The molecule has 0 spiro atoms. The van der Waals surface area contributed by atoms with Crippen LogP contribution in [0.3, 0.4) is 0 Å². The zero-order valence-corrected chi connectivity index (χ0v) is 22.7. The maximum Gasteiger partial charge on any atom is 0.311 e. The molecule has 2 atom stereocenters. The average molecular weight is 545 g/mol. The van der Waals surface area contributed by atoms with Gasteiger partial charge in [0.2, 0.25) is 0 Å². The molecule has 1 aromatic carbocycles. The molecule has 1 aliphatic heterocycles. The lowest BCUT2D eigenvalue weighted by molar-refractivity contribution is -0.165. The van der Waals surface area contributed by atoms with Crippen LogP contribution in [0.2, 0.25) is 0 Å². The molecular weight excluding hydrogens is 508 g/mol. The molecule has 0 N–H and O–H groups in total. The Balaban J connectivity index is 2.03. The Kier molecular flexibility index (Phi) is 10.8. The first-order chi connectivity index (χ1) is 16.0. The van der Waals surface area contributed by atoms with E-state index < -0.39 is 11.2 Å². The Hall–Kier alpha value is -1.65. The number of rotatable bonds is 12. The van der Waals surface area contributed by atoms with Crippen LogP contribution in [0.25, 0.3) is 6.08 Å². The van der Waals surface area contributed by atoms with E-state index in [1.807, 2.05) is 52.8 Å². The molecule has 0 radical (unpaired) electrons. The third kappa shape index (κ3) is 8.85. The minimum Gasteiger partial charge on any atom is -0.467 e. The van der Waals surface area contributed by atoms with Gasteiger partial charge in [-0.15, -0.1) is 0 Å². The highest BCUT2D eigenvalue weighted by atomic mass is 79.9. The summed E-state index contributed by atoms with van der Waals surface area (Å²) in [5.41, 5.74) is 0.327. The third-order valence-electron chi connectivity index (χ3n) is 4.91. The maximum absolute atomic E-state index is 12.2. The predicted molar refractivity (Wildman–Crippen MR) is 132 cm³/mol. The van der Waals surface area contributed by atoms with Gasteiger partial charge in [-0.3, -0.25) is 4.79 Å². The lowest BCUT2D eigenvalue weighted by Gasteiger charge is -2.20. The first kappa shape index (κ1) is 28.6. The standard InChI is InChI=1S/C25H37BrO8/c1-24(2,3)23(27)30-14-21-19(33-25(4,5)34-21)11-9-8-10-17-12-18(31-15-28-6)13-20(22(17)26)32-16-29-7/h8,10,12-13,19,21H,9,11,14-16H2,1-7H3/b10-8+/t19-,21+/m0/s1. The van der Waals surface area contributed by atoms with Gasteiger partial charge in [-0.25, -0.2) is 0 Å². The summed E-state index contributed by atoms with van der Waals surface area (Å²) in [4.78, 5) is 12.2. The van der Waals surface area contributed by atoms with Gasteiger partial charge in [0.25, 0.3) is 0 Å². The first-order valence-electron chi connectivity index (χ1n) is 11.2. The summed E-state index contributed by atoms with van der Waals surface area (Å²) in [6.07, 6.45) is 4.97. The summed E-state index contributed by atoms with van der Waals surface area (Å²) >= 11 is 3.59. The van der Waals surface area contributed by atoms with E-state index in [-0.39, 0.29) is 38.4 Å². The lowest BCUT2D eigenvalue weighted by atomic mass is 9.97. The SMILES string of the molecule is COCOc1cc(/C=C/CC[C@@H]2OC(C)(C)O[C@@H]2COC(=O)C(C)(C)C)c(Br)c(OCOC)c1. The van der Waals surface area contributed by atoms with Crippen molar-refractivity contribution in [2.45, 2.75) is 65.5 Å². The number of benzene rings is 1. The average Bonchev–Trinajstić information content (AvgIpc) is 3.06. The van der Waals surface area contributed by atoms with Crippen molar-refractivity contribution < 1.29 is 38.0 Å². The van der Waals surface area contributed by atoms with Gasteiger partial charge >= 0.3 is 5.97 Å². The number of carbonyl (C=O) groups excluding carboxylic acids is 1. The quantitative estimate of drug-likeness (QED) is 0.258. The van der Waals surface area contributed by atoms with Crippen LogP contribution in [0.1, 0.15) is 53.0 Å². The zero-order chi connectivity index (χ0) is 25.4. The van der Waals surface area contributed by atoms with Gasteiger partial charge in [0, 0.05) is 20.3 Å². The molecule has 1 fully saturated rings. The van der Waals surface area contributed by atoms with E-state index in [1.54, 1.807) is 20.3 Å². The Morgan fingerprint density at radius 1 is 1.09 bits per heavy atom. The van der Waals surface area contributed by atoms with E-state index in [2.05, 4.69) is 15.9 Å². The predicted octanol–water partition coefficient (Wildman–Crippen LogP) is 5.32. The first-order valence-corrected chi connectivity index (χ1v) is 12.0. The number of allylic oxidation sites excluding steroid dienone is 1. The van der Waals surface area contributed by atoms with Crippen molar-refractivity contribution in [1.82, 2.24) is 0 Å². The third-order valence-corrected chi connectivity index (χ3v) is 5.76. The van der Waals surface area contributed by atoms with Crippen molar-refractivity contribution in [1.29, 1.82) is 0 Å². The fourth-order valence-corrected chi connectivity index (χ4v) is 3.77. The molecule has 1 heterocycles. The van der Waals surface area contributed by atoms with Gasteiger partial charge in [-0.05, 0) is 75.0 Å². The lowest BCUT2D eigenvalue weighted by Crippen LogP contribution is -2.32. The van der Waals surface area contributed by atoms with E-state index in [0.717, 1.165) is 16.5 Å². The minimum atomic E-state index is -0.725.